The summed E-state index contributed by atoms with van der Waals surface area (Å²) in [7, 11) is 0. The number of rotatable bonds is 6. The van der Waals surface area contributed by atoms with Crippen molar-refractivity contribution in [1.29, 1.82) is 0 Å². The minimum atomic E-state index is -0.438. The number of hydrogen-bond donors (Lipinski definition) is 1. The fourth-order valence-electron chi connectivity index (χ4n) is 2.03. The van der Waals surface area contributed by atoms with E-state index in [0.29, 0.717) is 41.0 Å². The first kappa shape index (κ1) is 24.0. The molecule has 0 aliphatic carbocycles. The third kappa shape index (κ3) is 7.80. The minimum absolute atomic E-state index is 0.114. The van der Waals surface area contributed by atoms with Crippen LogP contribution in [0.15, 0.2) is 49.1 Å². The normalized spacial score (nSPS) is 9.81. The van der Waals surface area contributed by atoms with Crippen molar-refractivity contribution in [3.8, 4) is 0 Å². The van der Waals surface area contributed by atoms with Crippen LogP contribution in [0.25, 0.3) is 0 Å². The van der Waals surface area contributed by atoms with Gasteiger partial charge in [-0.05, 0) is 37.6 Å². The average Bonchev–Trinajstić information content (AvgIpc) is 2.77. The van der Waals surface area contributed by atoms with Gasteiger partial charge in [-0.25, -0.2) is 29.5 Å². The number of hydrogen-bond acceptors (Lipinski definition) is 9. The SMILES string of the molecule is CCOC(=O)c1cnc(Cl)nc1.CCOC(=O)c1cnc(Nc2ccccc2Cl)nc1. The number of halogens is 2. The van der Waals surface area contributed by atoms with E-state index in [1.807, 2.05) is 18.2 Å². The van der Waals surface area contributed by atoms with Crippen LogP contribution in [0.1, 0.15) is 34.6 Å². The number of benzene rings is 1. The fourth-order valence-corrected chi connectivity index (χ4v) is 2.31. The van der Waals surface area contributed by atoms with Gasteiger partial charge in [0.2, 0.25) is 11.2 Å². The first-order valence-electron chi connectivity index (χ1n) is 9.10. The van der Waals surface area contributed by atoms with Crippen LogP contribution in [-0.4, -0.2) is 45.1 Å². The van der Waals surface area contributed by atoms with Crippen LogP contribution in [0.4, 0.5) is 11.6 Å². The molecule has 1 N–H and O–H groups in total. The van der Waals surface area contributed by atoms with Gasteiger partial charge in [0.25, 0.3) is 0 Å². The molecule has 2 aromatic heterocycles. The predicted molar refractivity (Wildman–Crippen MR) is 116 cm³/mol. The highest BCUT2D eigenvalue weighted by Crippen LogP contribution is 2.22. The van der Waals surface area contributed by atoms with Gasteiger partial charge in [-0.2, -0.15) is 0 Å². The standard InChI is InChI=1S/C13H12ClN3O2.C7H7ClN2O2/c1-2-19-12(18)9-7-15-13(16-8-9)17-11-6-4-3-5-10(11)14;1-2-12-6(11)5-3-9-7(8)10-4-5/h3-8H,2H2,1H3,(H,15,16,17);3-4H,2H2,1H3. The van der Waals surface area contributed by atoms with E-state index in [-0.39, 0.29) is 5.28 Å². The Labute approximate surface area is 188 Å². The van der Waals surface area contributed by atoms with Crippen LogP contribution in [0, 0.1) is 0 Å². The number of aromatic nitrogens is 4. The minimum Gasteiger partial charge on any atom is -0.462 e. The Morgan fingerprint density at radius 2 is 1.32 bits per heavy atom. The zero-order valence-corrected chi connectivity index (χ0v) is 18.2. The van der Waals surface area contributed by atoms with Gasteiger partial charge in [0.15, 0.2) is 0 Å². The van der Waals surface area contributed by atoms with Crippen molar-refractivity contribution < 1.29 is 19.1 Å². The molecule has 3 aromatic rings. The van der Waals surface area contributed by atoms with Crippen molar-refractivity contribution in [1.82, 2.24) is 19.9 Å². The van der Waals surface area contributed by atoms with Crippen molar-refractivity contribution in [2.75, 3.05) is 18.5 Å². The number of nitrogens with zero attached hydrogens (tertiary/aromatic N) is 4. The fraction of sp³-hybridized carbons (Fsp3) is 0.200. The third-order valence-corrected chi connectivity index (χ3v) is 3.94. The second-order valence-electron chi connectivity index (χ2n) is 5.58. The predicted octanol–water partition coefficient (Wildman–Crippen LogP) is 4.36. The molecule has 1 aromatic carbocycles. The van der Waals surface area contributed by atoms with Crippen molar-refractivity contribution in [3.05, 3.63) is 70.5 Å². The number of nitrogens with one attached hydrogen (secondary N) is 1. The zero-order valence-electron chi connectivity index (χ0n) is 16.7. The highest BCUT2D eigenvalue weighted by Gasteiger charge is 2.08. The Bertz CT molecular complexity index is 1000. The average molecular weight is 464 g/mol. The molecule has 9 nitrogen and oxygen atoms in total. The highest BCUT2D eigenvalue weighted by molar-refractivity contribution is 6.33. The summed E-state index contributed by atoms with van der Waals surface area (Å²) in [5, 5.41) is 3.65. The summed E-state index contributed by atoms with van der Waals surface area (Å²) in [6, 6.07) is 7.25. The number of para-hydroxylation sites is 1. The molecule has 0 aliphatic heterocycles. The molecule has 0 bridgehead atoms. The number of carbonyl (C=O) groups is 2. The van der Waals surface area contributed by atoms with E-state index < -0.39 is 11.9 Å². The van der Waals surface area contributed by atoms with Crippen LogP contribution in [0.3, 0.4) is 0 Å². The lowest BCUT2D eigenvalue weighted by Crippen LogP contribution is -2.07. The molecule has 0 spiro atoms. The van der Waals surface area contributed by atoms with E-state index in [9.17, 15) is 9.59 Å². The van der Waals surface area contributed by atoms with Crippen LogP contribution >= 0.6 is 23.2 Å². The third-order valence-electron chi connectivity index (χ3n) is 3.41. The molecule has 0 saturated carbocycles. The summed E-state index contributed by atoms with van der Waals surface area (Å²) < 4.78 is 9.55. The van der Waals surface area contributed by atoms with Crippen molar-refractivity contribution in [3.63, 3.8) is 0 Å². The lowest BCUT2D eigenvalue weighted by molar-refractivity contribution is 0.0515. The van der Waals surface area contributed by atoms with Crippen molar-refractivity contribution in [2.24, 2.45) is 0 Å². The molecule has 0 atom stereocenters. The Morgan fingerprint density at radius 3 is 1.81 bits per heavy atom. The highest BCUT2D eigenvalue weighted by atomic mass is 35.5. The van der Waals surface area contributed by atoms with Gasteiger partial charge in [0.05, 0.1) is 35.1 Å². The van der Waals surface area contributed by atoms with Crippen LogP contribution in [0.5, 0.6) is 0 Å². The molecule has 0 fully saturated rings. The molecular formula is C20H19Cl2N5O4. The monoisotopic (exact) mass is 463 g/mol. The summed E-state index contributed by atoms with van der Waals surface area (Å²) in [4.78, 5) is 37.8. The Hall–Kier alpha value is -3.30. The van der Waals surface area contributed by atoms with Crippen molar-refractivity contribution in [2.45, 2.75) is 13.8 Å². The molecule has 162 valence electrons. The molecule has 0 aliphatic rings. The Kier molecular flexibility index (Phi) is 9.60. The van der Waals surface area contributed by atoms with Crippen LogP contribution < -0.4 is 5.32 Å². The summed E-state index contributed by atoms with van der Waals surface area (Å²) in [6.07, 6.45) is 5.47. The van der Waals surface area contributed by atoms with Gasteiger partial charge in [-0.1, -0.05) is 23.7 Å². The van der Waals surface area contributed by atoms with Crippen LogP contribution in [-0.2, 0) is 9.47 Å². The zero-order chi connectivity index (χ0) is 22.6. The van der Waals surface area contributed by atoms with E-state index in [0.717, 1.165) is 0 Å². The second-order valence-corrected chi connectivity index (χ2v) is 6.33. The van der Waals surface area contributed by atoms with Gasteiger partial charge in [0, 0.05) is 24.8 Å². The van der Waals surface area contributed by atoms with E-state index in [1.54, 1.807) is 19.9 Å². The topological polar surface area (TPSA) is 116 Å². The summed E-state index contributed by atoms with van der Waals surface area (Å²) in [5.74, 6) is -0.512. The largest absolute Gasteiger partial charge is 0.462 e. The Morgan fingerprint density at radius 1 is 0.839 bits per heavy atom. The molecule has 0 amide bonds. The first-order chi connectivity index (χ1) is 14.9. The molecule has 0 saturated heterocycles. The number of carbonyl (C=O) groups excluding carboxylic acids is 2. The second kappa shape index (κ2) is 12.4. The lowest BCUT2D eigenvalue weighted by atomic mass is 10.3. The van der Waals surface area contributed by atoms with Gasteiger partial charge in [0.1, 0.15) is 0 Å². The molecule has 2 heterocycles. The molecule has 0 unspecified atom stereocenters. The molecular weight excluding hydrogens is 445 g/mol. The van der Waals surface area contributed by atoms with Gasteiger partial charge < -0.3 is 14.8 Å². The lowest BCUT2D eigenvalue weighted by Gasteiger charge is -2.06. The van der Waals surface area contributed by atoms with Gasteiger partial charge in [-0.15, -0.1) is 0 Å². The number of ether oxygens (including phenoxy) is 2. The van der Waals surface area contributed by atoms with Crippen molar-refractivity contribution >= 4 is 46.8 Å². The molecule has 0 radical (unpaired) electrons. The smallest absolute Gasteiger partial charge is 0.341 e. The van der Waals surface area contributed by atoms with Gasteiger partial charge >= 0.3 is 11.9 Å². The summed E-state index contributed by atoms with van der Waals surface area (Å²) in [6.45, 7) is 4.13. The van der Waals surface area contributed by atoms with Gasteiger partial charge in [-0.3, -0.25) is 0 Å². The van der Waals surface area contributed by atoms with E-state index >= 15 is 0 Å². The quantitative estimate of drug-likeness (QED) is 0.420. The maximum Gasteiger partial charge on any atom is 0.341 e. The Balaban J connectivity index is 0.000000245. The first-order valence-corrected chi connectivity index (χ1v) is 9.85. The summed E-state index contributed by atoms with van der Waals surface area (Å²) in [5.41, 5.74) is 1.32. The van der Waals surface area contributed by atoms with E-state index in [4.69, 9.17) is 32.7 Å². The number of esters is 2. The van der Waals surface area contributed by atoms with Crippen LogP contribution in [0.2, 0.25) is 10.3 Å². The maximum atomic E-state index is 11.4. The molecule has 3 rings (SSSR count). The number of anilines is 2. The maximum absolute atomic E-state index is 11.4. The van der Waals surface area contributed by atoms with E-state index in [1.165, 1.54) is 24.8 Å². The van der Waals surface area contributed by atoms with E-state index in [2.05, 4.69) is 25.3 Å². The summed E-state index contributed by atoms with van der Waals surface area (Å²) >= 11 is 11.4. The molecule has 11 heteroatoms. The molecule has 31 heavy (non-hydrogen) atoms.